The second-order valence-corrected chi connectivity index (χ2v) is 5.76. The number of hydrogen-bond acceptors (Lipinski definition) is 3. The molecule has 0 unspecified atom stereocenters. The lowest BCUT2D eigenvalue weighted by atomic mass is 10.1. The largest absolute Gasteiger partial charge is 0.444 e. The molecule has 0 radical (unpaired) electrons. The summed E-state index contributed by atoms with van der Waals surface area (Å²) < 4.78 is 5.16. The van der Waals surface area contributed by atoms with Crippen molar-refractivity contribution in [1.82, 2.24) is 10.2 Å². The molecule has 0 aromatic carbocycles. The molecule has 1 atom stereocenters. The number of amides is 2. The van der Waals surface area contributed by atoms with E-state index in [1.54, 1.807) is 20.2 Å². The number of nitrogens with zero attached hydrogens (tertiary/aromatic N) is 1. The molecule has 0 rings (SSSR count). The van der Waals surface area contributed by atoms with Gasteiger partial charge in [-0.25, -0.2) is 4.79 Å². The first-order chi connectivity index (χ1) is 8.61. The number of carbonyl (C=O) groups is 2. The Kier molecular flexibility index (Phi) is 7.19. The molecule has 2 amide bonds. The summed E-state index contributed by atoms with van der Waals surface area (Å²) in [5.41, 5.74) is -0.484. The van der Waals surface area contributed by atoms with Crippen molar-refractivity contribution in [3.05, 3.63) is 12.2 Å². The molecule has 0 saturated heterocycles. The highest BCUT2D eigenvalue weighted by Gasteiger charge is 2.17. The Morgan fingerprint density at radius 1 is 1.32 bits per heavy atom. The zero-order valence-corrected chi connectivity index (χ0v) is 12.8. The molecule has 0 aliphatic heterocycles. The van der Waals surface area contributed by atoms with Crippen LogP contribution in [0, 0.1) is 0 Å². The van der Waals surface area contributed by atoms with Gasteiger partial charge in [0.25, 0.3) is 0 Å². The number of alkyl carbamates (subject to hydrolysis) is 1. The lowest BCUT2D eigenvalue weighted by molar-refractivity contribution is -0.123. The van der Waals surface area contributed by atoms with Gasteiger partial charge >= 0.3 is 6.09 Å². The second-order valence-electron chi connectivity index (χ2n) is 5.76. The average Bonchev–Trinajstić information content (AvgIpc) is 2.20. The molecule has 5 nitrogen and oxygen atoms in total. The van der Waals surface area contributed by atoms with Gasteiger partial charge in [-0.15, -0.1) is 0 Å². The standard InChI is InChI=1S/C14H26N2O3/c1-11(15-13(18)19-14(2,3)4)9-7-8-10-12(17)16(5)6/h8,10-11H,7,9H2,1-6H3,(H,15,18)/b10-8+/t11-/m1/s1. The molecular formula is C14H26N2O3. The van der Waals surface area contributed by atoms with Gasteiger partial charge in [0, 0.05) is 20.1 Å². The van der Waals surface area contributed by atoms with Crippen LogP contribution in [-0.2, 0) is 9.53 Å². The topological polar surface area (TPSA) is 58.6 Å². The van der Waals surface area contributed by atoms with Crippen LogP contribution in [0.1, 0.15) is 40.5 Å². The van der Waals surface area contributed by atoms with Crippen molar-refractivity contribution in [1.29, 1.82) is 0 Å². The van der Waals surface area contributed by atoms with E-state index in [1.807, 2.05) is 33.8 Å². The van der Waals surface area contributed by atoms with E-state index in [1.165, 1.54) is 4.90 Å². The molecule has 0 aromatic heterocycles. The molecule has 0 aliphatic carbocycles. The number of likely N-dealkylation sites (N-methyl/N-ethyl adjacent to an activating group) is 1. The van der Waals surface area contributed by atoms with Gasteiger partial charge in [-0.2, -0.15) is 0 Å². The molecule has 110 valence electrons. The Morgan fingerprint density at radius 2 is 1.89 bits per heavy atom. The summed E-state index contributed by atoms with van der Waals surface area (Å²) in [6, 6.07) is 0.00829. The average molecular weight is 270 g/mol. The monoisotopic (exact) mass is 270 g/mol. The van der Waals surface area contributed by atoms with Gasteiger partial charge in [0.2, 0.25) is 5.91 Å². The molecule has 0 spiro atoms. The lowest BCUT2D eigenvalue weighted by Crippen LogP contribution is -2.37. The molecule has 1 N–H and O–H groups in total. The molecule has 0 aliphatic rings. The van der Waals surface area contributed by atoms with Gasteiger partial charge in [-0.05, 0) is 46.6 Å². The van der Waals surface area contributed by atoms with E-state index in [2.05, 4.69) is 5.32 Å². The zero-order chi connectivity index (χ0) is 15.1. The molecule has 0 aromatic rings. The first kappa shape index (κ1) is 17.5. The highest BCUT2D eigenvalue weighted by atomic mass is 16.6. The molecule has 0 bridgehead atoms. The fraction of sp³-hybridized carbons (Fsp3) is 0.714. The highest BCUT2D eigenvalue weighted by molar-refractivity contribution is 5.87. The Morgan fingerprint density at radius 3 is 2.37 bits per heavy atom. The first-order valence-corrected chi connectivity index (χ1v) is 6.49. The summed E-state index contributed by atoms with van der Waals surface area (Å²) >= 11 is 0. The molecular weight excluding hydrogens is 244 g/mol. The smallest absolute Gasteiger partial charge is 0.407 e. The molecule has 19 heavy (non-hydrogen) atoms. The van der Waals surface area contributed by atoms with Crippen LogP contribution in [0.4, 0.5) is 4.79 Å². The quantitative estimate of drug-likeness (QED) is 0.780. The van der Waals surface area contributed by atoms with E-state index in [0.29, 0.717) is 0 Å². The van der Waals surface area contributed by atoms with E-state index < -0.39 is 11.7 Å². The molecule has 5 heteroatoms. The number of rotatable bonds is 5. The molecule has 0 saturated carbocycles. The summed E-state index contributed by atoms with van der Waals surface area (Å²) in [6.45, 7) is 7.39. The van der Waals surface area contributed by atoms with Gasteiger partial charge < -0.3 is 15.0 Å². The Hall–Kier alpha value is -1.52. The number of allylic oxidation sites excluding steroid dienone is 1. The van der Waals surface area contributed by atoms with Gasteiger partial charge in [0.05, 0.1) is 0 Å². The SMILES string of the molecule is C[C@H](CC/C=C/C(=O)N(C)C)NC(=O)OC(C)(C)C. The van der Waals surface area contributed by atoms with Crippen LogP contribution in [0.15, 0.2) is 12.2 Å². The normalized spacial score (nSPS) is 13.2. The van der Waals surface area contributed by atoms with Crippen LogP contribution in [0.2, 0.25) is 0 Å². The fourth-order valence-corrected chi connectivity index (χ4v) is 1.26. The van der Waals surface area contributed by atoms with Crippen molar-refractivity contribution < 1.29 is 14.3 Å². The predicted octanol–water partition coefficient (Wildman–Crippen LogP) is 2.32. The van der Waals surface area contributed by atoms with Crippen molar-refractivity contribution in [2.24, 2.45) is 0 Å². The third-order valence-corrected chi connectivity index (χ3v) is 2.23. The van der Waals surface area contributed by atoms with E-state index >= 15 is 0 Å². The lowest BCUT2D eigenvalue weighted by Gasteiger charge is -2.21. The fourth-order valence-electron chi connectivity index (χ4n) is 1.26. The van der Waals surface area contributed by atoms with Crippen molar-refractivity contribution in [3.63, 3.8) is 0 Å². The summed E-state index contributed by atoms with van der Waals surface area (Å²) in [6.07, 6.45) is 4.44. The van der Waals surface area contributed by atoms with Crippen LogP contribution in [0.25, 0.3) is 0 Å². The van der Waals surface area contributed by atoms with Crippen molar-refractivity contribution in [3.8, 4) is 0 Å². The van der Waals surface area contributed by atoms with Crippen LogP contribution < -0.4 is 5.32 Å². The minimum absolute atomic E-state index is 0.00829. The summed E-state index contributed by atoms with van der Waals surface area (Å²) in [4.78, 5) is 24.3. The summed E-state index contributed by atoms with van der Waals surface area (Å²) in [5.74, 6) is -0.0345. The summed E-state index contributed by atoms with van der Waals surface area (Å²) in [5, 5.41) is 2.76. The number of carbonyl (C=O) groups excluding carboxylic acids is 2. The first-order valence-electron chi connectivity index (χ1n) is 6.49. The van der Waals surface area contributed by atoms with E-state index in [9.17, 15) is 9.59 Å². The Bertz CT molecular complexity index is 330. The van der Waals surface area contributed by atoms with Crippen LogP contribution in [0.3, 0.4) is 0 Å². The number of nitrogens with one attached hydrogen (secondary N) is 1. The minimum atomic E-state index is -0.484. The third-order valence-electron chi connectivity index (χ3n) is 2.23. The van der Waals surface area contributed by atoms with E-state index in [4.69, 9.17) is 4.74 Å². The summed E-state index contributed by atoms with van der Waals surface area (Å²) in [7, 11) is 3.42. The maximum absolute atomic E-state index is 11.5. The van der Waals surface area contributed by atoms with E-state index in [-0.39, 0.29) is 11.9 Å². The van der Waals surface area contributed by atoms with Crippen LogP contribution >= 0.6 is 0 Å². The Balaban J connectivity index is 3.91. The Labute approximate surface area is 116 Å². The van der Waals surface area contributed by atoms with Gasteiger partial charge in [0.1, 0.15) is 5.60 Å². The number of ether oxygens (including phenoxy) is 1. The van der Waals surface area contributed by atoms with Gasteiger partial charge in [0.15, 0.2) is 0 Å². The van der Waals surface area contributed by atoms with Crippen molar-refractivity contribution in [2.45, 2.75) is 52.2 Å². The van der Waals surface area contributed by atoms with Crippen LogP contribution in [-0.4, -0.2) is 42.6 Å². The van der Waals surface area contributed by atoms with Crippen molar-refractivity contribution in [2.75, 3.05) is 14.1 Å². The maximum Gasteiger partial charge on any atom is 0.407 e. The zero-order valence-electron chi connectivity index (χ0n) is 12.8. The van der Waals surface area contributed by atoms with Gasteiger partial charge in [-0.1, -0.05) is 6.08 Å². The molecule has 0 fully saturated rings. The minimum Gasteiger partial charge on any atom is -0.444 e. The molecule has 0 heterocycles. The van der Waals surface area contributed by atoms with Crippen molar-refractivity contribution >= 4 is 12.0 Å². The third kappa shape index (κ3) is 10.1. The van der Waals surface area contributed by atoms with E-state index in [0.717, 1.165) is 12.8 Å². The second kappa shape index (κ2) is 7.81. The number of hydrogen-bond donors (Lipinski definition) is 1. The predicted molar refractivity (Wildman–Crippen MR) is 75.9 cm³/mol. The van der Waals surface area contributed by atoms with Gasteiger partial charge in [-0.3, -0.25) is 4.79 Å². The van der Waals surface area contributed by atoms with Crippen LogP contribution in [0.5, 0.6) is 0 Å². The maximum atomic E-state index is 11.5. The highest BCUT2D eigenvalue weighted by Crippen LogP contribution is 2.07.